The lowest BCUT2D eigenvalue weighted by atomic mass is 10.2. The second-order valence-electron chi connectivity index (χ2n) is 4.81. The molecule has 22 heavy (non-hydrogen) atoms. The molecule has 114 valence electrons. The van der Waals surface area contributed by atoms with Gasteiger partial charge in [0.1, 0.15) is 22.9 Å². The zero-order valence-corrected chi connectivity index (χ0v) is 11.8. The van der Waals surface area contributed by atoms with E-state index in [1.165, 1.54) is 12.3 Å². The Morgan fingerprint density at radius 1 is 1.18 bits per heavy atom. The third-order valence-corrected chi connectivity index (χ3v) is 3.20. The van der Waals surface area contributed by atoms with E-state index in [1.54, 1.807) is 6.07 Å². The van der Waals surface area contributed by atoms with Gasteiger partial charge >= 0.3 is 6.61 Å². The van der Waals surface area contributed by atoms with Crippen molar-refractivity contribution < 1.29 is 17.9 Å². The predicted molar refractivity (Wildman–Crippen MR) is 79.1 cm³/mol. The maximum absolute atomic E-state index is 12.1. The molecule has 0 fully saturated rings. The number of fused-ring (bicyclic) bond motifs is 1. The van der Waals surface area contributed by atoms with Crippen LogP contribution in [0.15, 0.2) is 53.1 Å². The summed E-state index contributed by atoms with van der Waals surface area (Å²) >= 11 is 0. The molecule has 0 unspecified atom stereocenters. The minimum absolute atomic E-state index is 0.0249. The summed E-state index contributed by atoms with van der Waals surface area (Å²) in [4.78, 5) is 4.04. The summed E-state index contributed by atoms with van der Waals surface area (Å²) in [7, 11) is 0. The molecule has 0 aliphatic heterocycles. The molecule has 0 saturated carbocycles. The summed E-state index contributed by atoms with van der Waals surface area (Å²) in [6.07, 6.45) is 1.25. The van der Waals surface area contributed by atoms with Crippen molar-refractivity contribution in [2.75, 3.05) is 5.32 Å². The van der Waals surface area contributed by atoms with Gasteiger partial charge in [-0.2, -0.15) is 8.78 Å². The van der Waals surface area contributed by atoms with Gasteiger partial charge in [0.25, 0.3) is 0 Å². The van der Waals surface area contributed by atoms with Gasteiger partial charge in [0, 0.05) is 5.39 Å². The molecular formula is C16H14F2N2O2. The maximum Gasteiger partial charge on any atom is 0.387 e. The van der Waals surface area contributed by atoms with E-state index in [0.29, 0.717) is 5.82 Å². The van der Waals surface area contributed by atoms with Gasteiger partial charge in [0.05, 0.1) is 12.2 Å². The van der Waals surface area contributed by atoms with E-state index in [0.717, 1.165) is 16.7 Å². The smallest absolute Gasteiger partial charge is 0.387 e. The molecule has 1 aromatic carbocycles. The molecule has 0 aliphatic carbocycles. The second kappa shape index (κ2) is 6.01. The number of para-hydroxylation sites is 1. The van der Waals surface area contributed by atoms with Crippen LogP contribution in [0, 0.1) is 0 Å². The van der Waals surface area contributed by atoms with Crippen LogP contribution in [0.1, 0.15) is 18.7 Å². The SMILES string of the molecule is C[C@@H](Nc1ccc(OC(F)F)cn1)c1cc2ccccc2o1. The quantitative estimate of drug-likeness (QED) is 0.748. The van der Waals surface area contributed by atoms with Gasteiger partial charge in [-0.1, -0.05) is 18.2 Å². The molecular weight excluding hydrogens is 290 g/mol. The van der Waals surface area contributed by atoms with Crippen molar-refractivity contribution >= 4 is 16.8 Å². The molecule has 1 atom stereocenters. The van der Waals surface area contributed by atoms with Gasteiger partial charge < -0.3 is 14.5 Å². The van der Waals surface area contributed by atoms with Crippen LogP contribution < -0.4 is 10.1 Å². The van der Waals surface area contributed by atoms with E-state index in [1.807, 2.05) is 37.3 Å². The largest absolute Gasteiger partial charge is 0.459 e. The monoisotopic (exact) mass is 304 g/mol. The van der Waals surface area contributed by atoms with Crippen molar-refractivity contribution in [1.29, 1.82) is 0 Å². The summed E-state index contributed by atoms with van der Waals surface area (Å²) in [6, 6.07) is 12.6. The second-order valence-corrected chi connectivity index (χ2v) is 4.81. The van der Waals surface area contributed by atoms with Crippen molar-refractivity contribution in [2.24, 2.45) is 0 Å². The zero-order valence-electron chi connectivity index (χ0n) is 11.8. The molecule has 4 nitrogen and oxygen atoms in total. The molecule has 0 aliphatic rings. The van der Waals surface area contributed by atoms with Crippen LogP contribution in [-0.2, 0) is 0 Å². The van der Waals surface area contributed by atoms with E-state index in [2.05, 4.69) is 15.0 Å². The third-order valence-electron chi connectivity index (χ3n) is 3.20. The molecule has 0 amide bonds. The highest BCUT2D eigenvalue weighted by molar-refractivity contribution is 5.77. The van der Waals surface area contributed by atoms with Gasteiger partial charge in [0.15, 0.2) is 0 Å². The molecule has 0 spiro atoms. The van der Waals surface area contributed by atoms with Gasteiger partial charge in [-0.3, -0.25) is 0 Å². The Hall–Kier alpha value is -2.63. The fourth-order valence-electron chi connectivity index (χ4n) is 2.15. The Morgan fingerprint density at radius 3 is 2.68 bits per heavy atom. The normalized spacial score (nSPS) is 12.5. The van der Waals surface area contributed by atoms with Crippen molar-refractivity contribution in [3.8, 4) is 5.75 Å². The topological polar surface area (TPSA) is 47.3 Å². The number of ether oxygens (including phenoxy) is 1. The molecule has 0 saturated heterocycles. The first kappa shape index (κ1) is 14.3. The average Bonchev–Trinajstić information content (AvgIpc) is 2.93. The first-order valence-corrected chi connectivity index (χ1v) is 6.78. The minimum atomic E-state index is -2.85. The van der Waals surface area contributed by atoms with Gasteiger partial charge in [-0.15, -0.1) is 0 Å². The van der Waals surface area contributed by atoms with Crippen LogP contribution in [0.4, 0.5) is 14.6 Å². The number of hydrogen-bond donors (Lipinski definition) is 1. The molecule has 3 aromatic rings. The molecule has 3 rings (SSSR count). The van der Waals surface area contributed by atoms with Gasteiger partial charge in [-0.05, 0) is 31.2 Å². The zero-order chi connectivity index (χ0) is 15.5. The molecule has 2 aromatic heterocycles. The number of halogens is 2. The van der Waals surface area contributed by atoms with Crippen molar-refractivity contribution in [2.45, 2.75) is 19.6 Å². The Bertz CT molecular complexity index is 723. The van der Waals surface area contributed by atoms with Crippen LogP contribution >= 0.6 is 0 Å². The van der Waals surface area contributed by atoms with Crippen molar-refractivity contribution in [1.82, 2.24) is 4.98 Å². The highest BCUT2D eigenvalue weighted by Crippen LogP contribution is 2.26. The summed E-state index contributed by atoms with van der Waals surface area (Å²) in [5, 5.41) is 4.18. The van der Waals surface area contributed by atoms with Crippen molar-refractivity contribution in [3.05, 3.63) is 54.4 Å². The number of furan rings is 1. The van der Waals surface area contributed by atoms with Crippen LogP contribution in [0.2, 0.25) is 0 Å². The van der Waals surface area contributed by atoms with Crippen LogP contribution in [0.25, 0.3) is 11.0 Å². The summed E-state index contributed by atoms with van der Waals surface area (Å²) in [5.74, 6) is 1.35. The number of anilines is 1. The lowest BCUT2D eigenvalue weighted by Gasteiger charge is -2.12. The van der Waals surface area contributed by atoms with E-state index in [4.69, 9.17) is 4.42 Å². The summed E-state index contributed by atoms with van der Waals surface area (Å²) in [6.45, 7) is -0.918. The average molecular weight is 304 g/mol. The minimum Gasteiger partial charge on any atom is -0.459 e. The third kappa shape index (κ3) is 3.16. The van der Waals surface area contributed by atoms with Crippen molar-refractivity contribution in [3.63, 3.8) is 0 Å². The van der Waals surface area contributed by atoms with Gasteiger partial charge in [0.2, 0.25) is 0 Å². The Balaban J connectivity index is 1.71. The summed E-state index contributed by atoms with van der Waals surface area (Å²) in [5.41, 5.74) is 0.819. The number of pyridine rings is 1. The number of hydrogen-bond acceptors (Lipinski definition) is 4. The maximum atomic E-state index is 12.1. The lowest BCUT2D eigenvalue weighted by molar-refractivity contribution is -0.0500. The first-order valence-electron chi connectivity index (χ1n) is 6.78. The van der Waals surface area contributed by atoms with Crippen LogP contribution in [-0.4, -0.2) is 11.6 Å². The van der Waals surface area contributed by atoms with E-state index < -0.39 is 6.61 Å². The predicted octanol–water partition coefficient (Wildman–Crippen LogP) is 4.60. The molecule has 0 bridgehead atoms. The Kier molecular flexibility index (Phi) is 3.91. The van der Waals surface area contributed by atoms with Crippen LogP contribution in [0.5, 0.6) is 5.75 Å². The Morgan fingerprint density at radius 2 is 2.00 bits per heavy atom. The fraction of sp³-hybridized carbons (Fsp3) is 0.188. The van der Waals surface area contributed by atoms with Crippen LogP contribution in [0.3, 0.4) is 0 Å². The molecule has 6 heteroatoms. The highest BCUT2D eigenvalue weighted by Gasteiger charge is 2.12. The number of benzene rings is 1. The number of aromatic nitrogens is 1. The number of nitrogens with zero attached hydrogens (tertiary/aromatic N) is 1. The fourth-order valence-corrected chi connectivity index (χ4v) is 2.15. The van der Waals surface area contributed by atoms with E-state index in [-0.39, 0.29) is 11.8 Å². The number of nitrogens with one attached hydrogen (secondary N) is 1. The molecule has 1 N–H and O–H groups in total. The highest BCUT2D eigenvalue weighted by atomic mass is 19.3. The standard InChI is InChI=1S/C16H14F2N2O2/c1-10(14-8-11-4-2-3-5-13(11)22-14)20-15-7-6-12(9-19-15)21-16(17)18/h2-10,16H,1H3,(H,19,20)/t10-/m1/s1. The lowest BCUT2D eigenvalue weighted by Crippen LogP contribution is -2.07. The summed E-state index contributed by atoms with van der Waals surface area (Å²) < 4.78 is 34.2. The molecule has 2 heterocycles. The van der Waals surface area contributed by atoms with E-state index >= 15 is 0 Å². The van der Waals surface area contributed by atoms with E-state index in [9.17, 15) is 8.78 Å². The first-order chi connectivity index (χ1) is 10.6. The van der Waals surface area contributed by atoms with Gasteiger partial charge in [-0.25, -0.2) is 4.98 Å². The molecule has 0 radical (unpaired) electrons. The Labute approximate surface area is 125 Å². The number of alkyl halides is 2. The number of rotatable bonds is 5.